The van der Waals surface area contributed by atoms with Crippen molar-refractivity contribution >= 4 is 11.8 Å². The Kier molecular flexibility index (Phi) is 5.91. The molecule has 1 N–H and O–H groups in total. The predicted octanol–water partition coefficient (Wildman–Crippen LogP) is 1.26. The van der Waals surface area contributed by atoms with Crippen LogP contribution in [0.4, 0.5) is 0 Å². The molecule has 0 unspecified atom stereocenters. The molecule has 2 amide bonds. The number of rotatable bonds is 6. The van der Waals surface area contributed by atoms with Crippen molar-refractivity contribution in [1.29, 1.82) is 0 Å². The summed E-state index contributed by atoms with van der Waals surface area (Å²) in [6.07, 6.45) is 3.02. The number of hydrogen-bond acceptors (Lipinski definition) is 4. The van der Waals surface area contributed by atoms with Crippen molar-refractivity contribution in [3.8, 4) is 5.75 Å². The Morgan fingerprint density at radius 2 is 1.96 bits per heavy atom. The summed E-state index contributed by atoms with van der Waals surface area (Å²) < 4.78 is 5.30. The van der Waals surface area contributed by atoms with E-state index >= 15 is 0 Å². The summed E-state index contributed by atoms with van der Waals surface area (Å²) in [7, 11) is 1.63. The molecule has 2 aliphatic rings. The van der Waals surface area contributed by atoms with E-state index < -0.39 is 0 Å². The summed E-state index contributed by atoms with van der Waals surface area (Å²) in [5.41, 5.74) is 0.968. The number of carbonyl (C=O) groups excluding carboxylic acids is 2. The molecule has 0 aromatic heterocycles. The van der Waals surface area contributed by atoms with Crippen LogP contribution in [0.3, 0.4) is 0 Å². The molecule has 1 saturated carbocycles. The van der Waals surface area contributed by atoms with Gasteiger partial charge in [0.2, 0.25) is 11.8 Å². The Labute approximate surface area is 149 Å². The van der Waals surface area contributed by atoms with Gasteiger partial charge in [-0.15, -0.1) is 0 Å². The molecule has 6 nitrogen and oxygen atoms in total. The summed E-state index contributed by atoms with van der Waals surface area (Å²) in [6.45, 7) is 4.00. The Morgan fingerprint density at radius 1 is 1.16 bits per heavy atom. The molecule has 25 heavy (non-hydrogen) atoms. The number of amides is 2. The minimum Gasteiger partial charge on any atom is -0.496 e. The van der Waals surface area contributed by atoms with Crippen molar-refractivity contribution in [3.63, 3.8) is 0 Å². The zero-order chi connectivity index (χ0) is 17.6. The van der Waals surface area contributed by atoms with Gasteiger partial charge in [-0.25, -0.2) is 0 Å². The normalized spacial score (nSPS) is 18.5. The third-order valence-electron chi connectivity index (χ3n) is 4.86. The van der Waals surface area contributed by atoms with Crippen LogP contribution in [0.1, 0.15) is 24.8 Å². The Hall–Kier alpha value is -2.08. The molecule has 2 fully saturated rings. The maximum atomic E-state index is 12.3. The van der Waals surface area contributed by atoms with E-state index in [9.17, 15) is 9.59 Å². The minimum atomic E-state index is 0.00729. The van der Waals surface area contributed by atoms with Gasteiger partial charge in [-0.2, -0.15) is 0 Å². The molecule has 0 radical (unpaired) electrons. The summed E-state index contributed by atoms with van der Waals surface area (Å²) in [5.74, 6) is 1.37. The number of carbonyl (C=O) groups is 2. The topological polar surface area (TPSA) is 61.9 Å². The number of ether oxygens (including phenoxy) is 1. The lowest BCUT2D eigenvalue weighted by Crippen LogP contribution is -2.40. The number of hydrogen-bond donors (Lipinski definition) is 1. The van der Waals surface area contributed by atoms with E-state index in [-0.39, 0.29) is 11.8 Å². The molecular weight excluding hydrogens is 318 g/mol. The van der Waals surface area contributed by atoms with Crippen molar-refractivity contribution in [1.82, 2.24) is 15.1 Å². The molecule has 1 heterocycles. The Morgan fingerprint density at radius 3 is 2.72 bits per heavy atom. The van der Waals surface area contributed by atoms with E-state index in [2.05, 4.69) is 10.2 Å². The fourth-order valence-corrected chi connectivity index (χ4v) is 3.24. The van der Waals surface area contributed by atoms with Crippen LogP contribution in [-0.2, 0) is 16.1 Å². The molecule has 1 aliphatic carbocycles. The fraction of sp³-hybridized carbons (Fsp3) is 0.579. The molecule has 1 aliphatic heterocycles. The second-order valence-corrected chi connectivity index (χ2v) is 6.82. The van der Waals surface area contributed by atoms with E-state index in [1.807, 2.05) is 29.2 Å². The highest BCUT2D eigenvalue weighted by molar-refractivity contribution is 5.81. The first-order valence-electron chi connectivity index (χ1n) is 9.07. The summed E-state index contributed by atoms with van der Waals surface area (Å²) in [5, 5.41) is 2.96. The summed E-state index contributed by atoms with van der Waals surface area (Å²) >= 11 is 0. The molecule has 0 atom stereocenters. The van der Waals surface area contributed by atoms with E-state index in [4.69, 9.17) is 4.74 Å². The first-order valence-corrected chi connectivity index (χ1v) is 9.07. The molecule has 1 aromatic rings. The van der Waals surface area contributed by atoms with Gasteiger partial charge in [-0.3, -0.25) is 14.5 Å². The van der Waals surface area contributed by atoms with Gasteiger partial charge in [0.05, 0.1) is 13.7 Å². The molecule has 3 rings (SSSR count). The van der Waals surface area contributed by atoms with Crippen molar-refractivity contribution in [3.05, 3.63) is 29.8 Å². The summed E-state index contributed by atoms with van der Waals surface area (Å²) in [4.78, 5) is 28.5. The third-order valence-corrected chi connectivity index (χ3v) is 4.86. The zero-order valence-corrected chi connectivity index (χ0v) is 14.9. The van der Waals surface area contributed by atoms with Gasteiger partial charge in [0.25, 0.3) is 0 Å². The Bertz CT molecular complexity index is 616. The van der Waals surface area contributed by atoms with Gasteiger partial charge < -0.3 is 15.0 Å². The molecule has 0 spiro atoms. The number of nitrogens with zero attached hydrogens (tertiary/aromatic N) is 2. The van der Waals surface area contributed by atoms with Crippen molar-refractivity contribution in [2.24, 2.45) is 5.92 Å². The molecule has 1 saturated heterocycles. The fourth-order valence-electron chi connectivity index (χ4n) is 3.24. The standard InChI is InChI=1S/C19H27N3O3/c1-25-17-6-3-2-5-16(17)13-20-18(23)14-21-9-4-10-22(12-11-21)19(24)15-7-8-15/h2-3,5-6,15H,4,7-14H2,1H3,(H,20,23). The Balaban J connectivity index is 1.44. The van der Waals surface area contributed by atoms with Gasteiger partial charge in [0.1, 0.15) is 5.75 Å². The van der Waals surface area contributed by atoms with E-state index in [0.29, 0.717) is 19.0 Å². The monoisotopic (exact) mass is 345 g/mol. The van der Waals surface area contributed by atoms with Gasteiger partial charge >= 0.3 is 0 Å². The highest BCUT2D eigenvalue weighted by Gasteiger charge is 2.33. The first-order chi connectivity index (χ1) is 12.2. The average Bonchev–Trinajstić information content (AvgIpc) is 3.47. The lowest BCUT2D eigenvalue weighted by molar-refractivity contribution is -0.132. The summed E-state index contributed by atoms with van der Waals surface area (Å²) in [6, 6.07) is 7.69. The zero-order valence-electron chi connectivity index (χ0n) is 14.9. The van der Waals surface area contributed by atoms with Gasteiger partial charge in [-0.05, 0) is 25.3 Å². The van der Waals surface area contributed by atoms with Gasteiger partial charge in [0.15, 0.2) is 0 Å². The van der Waals surface area contributed by atoms with Crippen molar-refractivity contribution in [2.45, 2.75) is 25.8 Å². The second kappa shape index (κ2) is 8.34. The molecule has 136 valence electrons. The van der Waals surface area contributed by atoms with Gasteiger partial charge in [0, 0.05) is 44.2 Å². The number of para-hydroxylation sites is 1. The lowest BCUT2D eigenvalue weighted by Gasteiger charge is -2.21. The van der Waals surface area contributed by atoms with E-state index in [1.54, 1.807) is 7.11 Å². The maximum Gasteiger partial charge on any atom is 0.234 e. The number of benzene rings is 1. The molecule has 0 bridgehead atoms. The van der Waals surface area contributed by atoms with Crippen molar-refractivity contribution in [2.75, 3.05) is 39.8 Å². The maximum absolute atomic E-state index is 12.3. The van der Waals surface area contributed by atoms with Crippen LogP contribution in [0.5, 0.6) is 5.75 Å². The lowest BCUT2D eigenvalue weighted by atomic mass is 10.2. The van der Waals surface area contributed by atoms with E-state index in [0.717, 1.165) is 56.8 Å². The minimum absolute atomic E-state index is 0.00729. The van der Waals surface area contributed by atoms with Crippen LogP contribution in [-0.4, -0.2) is 61.4 Å². The SMILES string of the molecule is COc1ccccc1CNC(=O)CN1CCCN(C(=O)C2CC2)CC1. The molecular formula is C19H27N3O3. The van der Waals surface area contributed by atoms with Crippen LogP contribution < -0.4 is 10.1 Å². The third kappa shape index (κ3) is 4.95. The van der Waals surface area contributed by atoms with Crippen molar-refractivity contribution < 1.29 is 14.3 Å². The molecule has 6 heteroatoms. The highest BCUT2D eigenvalue weighted by atomic mass is 16.5. The van der Waals surface area contributed by atoms with Crippen LogP contribution in [0.2, 0.25) is 0 Å². The molecule has 1 aromatic carbocycles. The number of methoxy groups -OCH3 is 1. The predicted molar refractivity (Wildman–Crippen MR) is 95.2 cm³/mol. The quantitative estimate of drug-likeness (QED) is 0.843. The average molecular weight is 345 g/mol. The van der Waals surface area contributed by atoms with Crippen LogP contribution >= 0.6 is 0 Å². The van der Waals surface area contributed by atoms with Gasteiger partial charge in [-0.1, -0.05) is 18.2 Å². The van der Waals surface area contributed by atoms with Crippen LogP contribution in [0.15, 0.2) is 24.3 Å². The van der Waals surface area contributed by atoms with Crippen LogP contribution in [0, 0.1) is 5.92 Å². The second-order valence-electron chi connectivity index (χ2n) is 6.82. The smallest absolute Gasteiger partial charge is 0.234 e. The van der Waals surface area contributed by atoms with E-state index in [1.165, 1.54) is 0 Å². The number of nitrogens with one attached hydrogen (secondary N) is 1. The largest absolute Gasteiger partial charge is 0.496 e. The highest BCUT2D eigenvalue weighted by Crippen LogP contribution is 2.31. The van der Waals surface area contributed by atoms with Crippen LogP contribution in [0.25, 0.3) is 0 Å². The first kappa shape index (κ1) is 17.7.